The van der Waals surface area contributed by atoms with E-state index < -0.39 is 68.4 Å². The number of benzene rings is 5. The quantitative estimate of drug-likeness (QED) is 0.139. The normalized spacial score (nSPS) is 14.7. The summed E-state index contributed by atoms with van der Waals surface area (Å²) in [6.45, 7) is 0. The van der Waals surface area contributed by atoms with Crippen molar-refractivity contribution in [2.45, 2.75) is 0 Å². The van der Waals surface area contributed by atoms with Crippen LogP contribution in [0.3, 0.4) is 0 Å². The van der Waals surface area contributed by atoms with E-state index >= 15 is 17.6 Å². The molecule has 0 atom stereocenters. The van der Waals surface area contributed by atoms with Crippen LogP contribution in [-0.2, 0) is 0 Å². The Morgan fingerprint density at radius 1 is 0.486 bits per heavy atom. The molecule has 0 spiro atoms. The largest absolute Gasteiger partial charge is 1.00 e. The van der Waals surface area contributed by atoms with E-state index in [4.69, 9.17) is 0 Å². The van der Waals surface area contributed by atoms with Gasteiger partial charge in [0.1, 0.15) is 23.3 Å². The van der Waals surface area contributed by atoms with Crippen LogP contribution in [-0.4, -0.2) is 23.6 Å². The Kier molecular flexibility index (Phi) is 4.61. The standard InChI is InChI=1S/C24H6F4N2O4.Rb/c25-9-1-5-13-6(22(32)29-21(5)31)2-11(27)17-18-12(28)4-8-14-7(23(33)30-24(8)34)3-10(26)16(20(14)18)15(9)19(13)17;/h1-4H,(H2,29,30,31,32,33,34);/q;+1/p-1. The van der Waals surface area contributed by atoms with E-state index in [9.17, 15) is 19.2 Å². The Bertz CT molecular complexity index is 1670. The zero-order valence-corrected chi connectivity index (χ0v) is 22.3. The summed E-state index contributed by atoms with van der Waals surface area (Å²) in [5.41, 5.74) is -1.30. The van der Waals surface area contributed by atoms with E-state index in [-0.39, 0.29) is 102 Å². The van der Waals surface area contributed by atoms with Gasteiger partial charge in [-0.05, 0) is 24.3 Å². The van der Waals surface area contributed by atoms with Crippen molar-refractivity contribution in [3.8, 4) is 0 Å². The number of fused-ring (bicyclic) bond motifs is 2. The van der Waals surface area contributed by atoms with Crippen LogP contribution < -0.4 is 63.5 Å². The Hall–Kier alpha value is -2.79. The number of nitrogens with one attached hydrogen (secondary N) is 1. The predicted octanol–water partition coefficient (Wildman–Crippen LogP) is 1.85. The topological polar surface area (TPSA) is 94.4 Å². The van der Waals surface area contributed by atoms with Crippen molar-refractivity contribution in [1.29, 1.82) is 0 Å². The molecule has 4 amide bonds. The number of hydrogen-bond acceptors (Lipinski definition) is 4. The number of carbonyl (C=O) groups excluding carboxylic acids is 4. The van der Waals surface area contributed by atoms with Gasteiger partial charge in [-0.2, -0.15) is 0 Å². The van der Waals surface area contributed by atoms with Crippen LogP contribution in [0, 0.1) is 23.3 Å². The first-order valence-corrected chi connectivity index (χ1v) is 9.83. The van der Waals surface area contributed by atoms with Gasteiger partial charge in [0.2, 0.25) is 0 Å². The third-order valence-electron chi connectivity index (χ3n) is 6.50. The molecular weight excluding hydrogens is 542 g/mol. The molecule has 7 rings (SSSR count). The van der Waals surface area contributed by atoms with Crippen molar-refractivity contribution in [2.75, 3.05) is 0 Å². The zero-order valence-electron chi connectivity index (χ0n) is 17.4. The maximum atomic E-state index is 15.5. The van der Waals surface area contributed by atoms with Crippen LogP contribution in [0.4, 0.5) is 17.6 Å². The Balaban J connectivity index is 0.00000229. The Morgan fingerprint density at radius 2 is 0.800 bits per heavy atom. The van der Waals surface area contributed by atoms with Crippen LogP contribution in [0.5, 0.6) is 0 Å². The molecule has 0 aromatic heterocycles. The smallest absolute Gasteiger partial charge is 0.587 e. The van der Waals surface area contributed by atoms with E-state index in [0.717, 1.165) is 24.3 Å². The van der Waals surface area contributed by atoms with E-state index in [1.54, 1.807) is 0 Å². The zero-order chi connectivity index (χ0) is 23.8. The number of amides is 4. The molecule has 2 heterocycles. The maximum Gasteiger partial charge on any atom is 1.00 e. The molecule has 2 aliphatic rings. The van der Waals surface area contributed by atoms with Crippen LogP contribution in [0.2, 0.25) is 0 Å². The minimum absolute atomic E-state index is 0. The molecule has 0 saturated heterocycles. The van der Waals surface area contributed by atoms with Crippen molar-refractivity contribution in [3.63, 3.8) is 0 Å². The first-order valence-electron chi connectivity index (χ1n) is 9.83. The average molecular weight is 547 g/mol. The van der Waals surface area contributed by atoms with Gasteiger partial charge >= 0.3 is 58.2 Å². The summed E-state index contributed by atoms with van der Waals surface area (Å²) in [5, 5.41) is 2.18. The summed E-state index contributed by atoms with van der Waals surface area (Å²) in [5.74, 6) is -8.58. The number of imide groups is 2. The second-order valence-corrected chi connectivity index (χ2v) is 8.13. The molecule has 2 aliphatic heterocycles. The molecular formula is C24H5F4N2O4Rb. The summed E-state index contributed by atoms with van der Waals surface area (Å²) in [6.07, 6.45) is 0. The number of halogens is 4. The number of carbonyl (C=O) groups is 4. The van der Waals surface area contributed by atoms with Crippen LogP contribution in [0.15, 0.2) is 24.3 Å². The molecule has 0 unspecified atom stereocenters. The second-order valence-electron chi connectivity index (χ2n) is 8.13. The summed E-state index contributed by atoms with van der Waals surface area (Å²) >= 11 is 0. The molecule has 1 N–H and O–H groups in total. The molecule has 5 aromatic rings. The van der Waals surface area contributed by atoms with Crippen molar-refractivity contribution < 1.29 is 94.9 Å². The third-order valence-corrected chi connectivity index (χ3v) is 6.50. The van der Waals surface area contributed by atoms with Gasteiger partial charge in [0.25, 0.3) is 11.8 Å². The van der Waals surface area contributed by atoms with Crippen LogP contribution >= 0.6 is 0 Å². The molecule has 6 nitrogen and oxygen atoms in total. The molecule has 0 aliphatic carbocycles. The monoisotopic (exact) mass is 546 g/mol. The van der Waals surface area contributed by atoms with Gasteiger partial charge in [0, 0.05) is 54.2 Å². The molecule has 164 valence electrons. The molecule has 0 fully saturated rings. The van der Waals surface area contributed by atoms with Crippen molar-refractivity contribution in [1.82, 2.24) is 5.32 Å². The van der Waals surface area contributed by atoms with Gasteiger partial charge in [0.05, 0.1) is 22.9 Å². The van der Waals surface area contributed by atoms with Gasteiger partial charge in [0.15, 0.2) is 0 Å². The molecule has 0 bridgehead atoms. The van der Waals surface area contributed by atoms with Gasteiger partial charge < -0.3 is 14.9 Å². The van der Waals surface area contributed by atoms with Gasteiger partial charge in [-0.15, -0.1) is 0 Å². The third kappa shape index (κ3) is 2.60. The van der Waals surface area contributed by atoms with Gasteiger partial charge in [-0.25, -0.2) is 17.6 Å². The van der Waals surface area contributed by atoms with Crippen molar-refractivity contribution in [3.05, 3.63) is 75.1 Å². The number of rotatable bonds is 0. The fourth-order valence-corrected chi connectivity index (χ4v) is 5.26. The summed E-state index contributed by atoms with van der Waals surface area (Å²) < 4.78 is 62.0. The van der Waals surface area contributed by atoms with Gasteiger partial charge in [-0.1, -0.05) is 0 Å². The van der Waals surface area contributed by atoms with Crippen LogP contribution in [0.1, 0.15) is 41.4 Å². The van der Waals surface area contributed by atoms with E-state index in [1.165, 1.54) is 0 Å². The second kappa shape index (κ2) is 7.13. The van der Waals surface area contributed by atoms with Gasteiger partial charge in [-0.3, -0.25) is 14.9 Å². The molecule has 11 heteroatoms. The first-order chi connectivity index (χ1) is 16.2. The van der Waals surface area contributed by atoms with E-state index in [1.807, 2.05) is 5.32 Å². The summed E-state index contributed by atoms with van der Waals surface area (Å²) in [6, 6.07) is 3.09. The number of nitrogens with zero attached hydrogens (tertiary/aromatic N) is 1. The average Bonchev–Trinajstić information content (AvgIpc) is 2.77. The predicted molar refractivity (Wildman–Crippen MR) is 111 cm³/mol. The maximum absolute atomic E-state index is 15.5. The first kappa shape index (κ1) is 22.7. The van der Waals surface area contributed by atoms with Crippen molar-refractivity contribution >= 4 is 66.7 Å². The molecule has 35 heavy (non-hydrogen) atoms. The van der Waals surface area contributed by atoms with Crippen LogP contribution in [0.25, 0.3) is 48.4 Å². The SMILES string of the molecule is O=C1[N-]C(=O)c2cc(F)c3c4c(F)cc5c6c(cc(F)c(c7c(F)cc1c2c73)c64)C(=O)NC5=O.[Rb+]. The van der Waals surface area contributed by atoms with Crippen molar-refractivity contribution in [2.24, 2.45) is 0 Å². The fraction of sp³-hybridized carbons (Fsp3) is 0. The summed E-state index contributed by atoms with van der Waals surface area (Å²) in [7, 11) is 0. The Labute approximate surface area is 239 Å². The molecule has 5 aromatic carbocycles. The summed E-state index contributed by atoms with van der Waals surface area (Å²) in [4.78, 5) is 49.5. The Morgan fingerprint density at radius 3 is 1.17 bits per heavy atom. The van der Waals surface area contributed by atoms with E-state index in [0.29, 0.717) is 0 Å². The molecule has 0 saturated carbocycles. The number of hydrogen-bond donors (Lipinski definition) is 1. The van der Waals surface area contributed by atoms with E-state index in [2.05, 4.69) is 5.32 Å². The fourth-order valence-electron chi connectivity index (χ4n) is 5.26. The molecule has 0 radical (unpaired) electrons. The minimum Gasteiger partial charge on any atom is -0.587 e. The minimum atomic E-state index is -1.14.